The summed E-state index contributed by atoms with van der Waals surface area (Å²) in [5.41, 5.74) is 7.14. The van der Waals surface area contributed by atoms with Crippen molar-refractivity contribution < 1.29 is 8.42 Å². The summed E-state index contributed by atoms with van der Waals surface area (Å²) in [6, 6.07) is 4.69. The summed E-state index contributed by atoms with van der Waals surface area (Å²) in [6.45, 7) is 2.09. The van der Waals surface area contributed by atoms with Crippen LogP contribution in [0.5, 0.6) is 0 Å². The topological polar surface area (TPSA) is 84.2 Å². The van der Waals surface area contributed by atoms with Gasteiger partial charge in [0, 0.05) is 5.54 Å². The SMILES string of the molecule is CNS(=O)(=O)c1ccc(N)c(NC2(C)CC2)c1. The van der Waals surface area contributed by atoms with Crippen molar-refractivity contribution in [2.24, 2.45) is 0 Å². The highest BCUT2D eigenvalue weighted by Gasteiger charge is 2.37. The van der Waals surface area contributed by atoms with E-state index in [0.29, 0.717) is 11.4 Å². The molecule has 94 valence electrons. The first-order valence-corrected chi connectivity index (χ1v) is 6.96. The number of hydrogen-bond acceptors (Lipinski definition) is 4. The van der Waals surface area contributed by atoms with Crippen LogP contribution in [0.3, 0.4) is 0 Å². The standard InChI is InChI=1S/C11H17N3O2S/c1-11(5-6-11)14-10-7-8(3-4-9(10)12)17(15,16)13-2/h3-4,7,13-14H,5-6,12H2,1-2H3. The van der Waals surface area contributed by atoms with Gasteiger partial charge < -0.3 is 11.1 Å². The van der Waals surface area contributed by atoms with Gasteiger partial charge in [-0.05, 0) is 45.0 Å². The molecular weight excluding hydrogens is 238 g/mol. The van der Waals surface area contributed by atoms with E-state index in [1.807, 2.05) is 0 Å². The highest BCUT2D eigenvalue weighted by atomic mass is 32.2. The molecule has 0 unspecified atom stereocenters. The number of nitrogens with two attached hydrogens (primary N) is 1. The van der Waals surface area contributed by atoms with Crippen LogP contribution in [-0.2, 0) is 10.0 Å². The molecule has 1 aliphatic carbocycles. The molecule has 1 aliphatic rings. The fourth-order valence-electron chi connectivity index (χ4n) is 1.57. The molecule has 17 heavy (non-hydrogen) atoms. The molecule has 0 atom stereocenters. The smallest absolute Gasteiger partial charge is 0.240 e. The molecule has 0 aromatic heterocycles. The molecular formula is C11H17N3O2S. The lowest BCUT2D eigenvalue weighted by molar-refractivity contribution is 0.588. The van der Waals surface area contributed by atoms with Gasteiger partial charge in [-0.15, -0.1) is 0 Å². The van der Waals surface area contributed by atoms with E-state index in [1.54, 1.807) is 12.1 Å². The third-order valence-electron chi connectivity index (χ3n) is 3.04. The van der Waals surface area contributed by atoms with Gasteiger partial charge in [0.05, 0.1) is 16.3 Å². The normalized spacial score (nSPS) is 17.8. The van der Waals surface area contributed by atoms with Crippen LogP contribution in [0.25, 0.3) is 0 Å². The van der Waals surface area contributed by atoms with Gasteiger partial charge in [-0.1, -0.05) is 0 Å². The summed E-state index contributed by atoms with van der Waals surface area (Å²) in [6.07, 6.45) is 2.16. The third kappa shape index (κ3) is 2.53. The van der Waals surface area contributed by atoms with Crippen LogP contribution in [0, 0.1) is 0 Å². The number of anilines is 2. The quantitative estimate of drug-likeness (QED) is 0.704. The molecule has 1 aromatic rings. The Morgan fingerprint density at radius 2 is 2.00 bits per heavy atom. The predicted octanol–water partition coefficient (Wildman–Crippen LogP) is 1.14. The van der Waals surface area contributed by atoms with E-state index in [9.17, 15) is 8.42 Å². The van der Waals surface area contributed by atoms with E-state index < -0.39 is 10.0 Å². The van der Waals surface area contributed by atoms with Gasteiger partial charge >= 0.3 is 0 Å². The Kier molecular flexibility index (Phi) is 2.79. The maximum absolute atomic E-state index is 11.7. The Balaban J connectivity index is 2.36. The predicted molar refractivity (Wildman–Crippen MR) is 68.4 cm³/mol. The van der Waals surface area contributed by atoms with Gasteiger partial charge in [0.25, 0.3) is 0 Å². The van der Waals surface area contributed by atoms with Gasteiger partial charge in [0.1, 0.15) is 0 Å². The minimum Gasteiger partial charge on any atom is -0.397 e. The van der Waals surface area contributed by atoms with Crippen molar-refractivity contribution in [2.75, 3.05) is 18.1 Å². The van der Waals surface area contributed by atoms with Crippen LogP contribution in [-0.4, -0.2) is 21.0 Å². The van der Waals surface area contributed by atoms with Gasteiger partial charge in [-0.2, -0.15) is 0 Å². The van der Waals surface area contributed by atoms with Crippen molar-refractivity contribution in [1.29, 1.82) is 0 Å². The summed E-state index contributed by atoms with van der Waals surface area (Å²) in [5.74, 6) is 0. The molecule has 1 saturated carbocycles. The third-order valence-corrected chi connectivity index (χ3v) is 4.45. The molecule has 0 bridgehead atoms. The lowest BCUT2D eigenvalue weighted by atomic mass is 10.2. The molecule has 0 spiro atoms. The first kappa shape index (κ1) is 12.2. The van der Waals surface area contributed by atoms with Gasteiger partial charge in [-0.3, -0.25) is 0 Å². The van der Waals surface area contributed by atoms with Crippen molar-refractivity contribution in [3.63, 3.8) is 0 Å². The maximum atomic E-state index is 11.7. The van der Waals surface area contributed by atoms with Crippen LogP contribution < -0.4 is 15.8 Å². The van der Waals surface area contributed by atoms with E-state index in [1.165, 1.54) is 13.1 Å². The minimum absolute atomic E-state index is 0.0656. The Hall–Kier alpha value is -1.27. The largest absolute Gasteiger partial charge is 0.397 e. The summed E-state index contributed by atoms with van der Waals surface area (Å²) in [7, 11) is -2.03. The zero-order chi connectivity index (χ0) is 12.7. The summed E-state index contributed by atoms with van der Waals surface area (Å²) < 4.78 is 25.6. The van der Waals surface area contributed by atoms with Crippen molar-refractivity contribution in [3.05, 3.63) is 18.2 Å². The number of nitrogen functional groups attached to an aromatic ring is 1. The van der Waals surface area contributed by atoms with E-state index in [4.69, 9.17) is 5.73 Å². The molecule has 4 N–H and O–H groups in total. The number of nitrogens with one attached hydrogen (secondary N) is 2. The fraction of sp³-hybridized carbons (Fsp3) is 0.455. The molecule has 0 heterocycles. The van der Waals surface area contributed by atoms with Gasteiger partial charge in [0.2, 0.25) is 10.0 Å². The molecule has 2 rings (SSSR count). The van der Waals surface area contributed by atoms with Crippen molar-refractivity contribution in [1.82, 2.24) is 4.72 Å². The van der Waals surface area contributed by atoms with E-state index in [0.717, 1.165) is 12.8 Å². The Bertz CT molecular complexity index is 536. The minimum atomic E-state index is -3.42. The summed E-state index contributed by atoms with van der Waals surface area (Å²) in [5, 5.41) is 3.28. The lowest BCUT2D eigenvalue weighted by Crippen LogP contribution is -2.20. The Morgan fingerprint density at radius 3 is 2.53 bits per heavy atom. The van der Waals surface area contributed by atoms with Gasteiger partial charge in [-0.25, -0.2) is 13.1 Å². The molecule has 1 fully saturated rings. The molecule has 0 amide bonds. The van der Waals surface area contributed by atoms with Crippen molar-refractivity contribution in [2.45, 2.75) is 30.2 Å². The van der Waals surface area contributed by atoms with Crippen molar-refractivity contribution in [3.8, 4) is 0 Å². The number of rotatable bonds is 4. The van der Waals surface area contributed by atoms with Crippen LogP contribution in [0.2, 0.25) is 0 Å². The van der Waals surface area contributed by atoms with E-state index in [2.05, 4.69) is 17.0 Å². The highest BCUT2D eigenvalue weighted by molar-refractivity contribution is 7.89. The Labute approximate surface area is 101 Å². The molecule has 0 saturated heterocycles. The van der Waals surface area contributed by atoms with Gasteiger partial charge in [0.15, 0.2) is 0 Å². The zero-order valence-corrected chi connectivity index (χ0v) is 10.8. The van der Waals surface area contributed by atoms with Crippen LogP contribution in [0.1, 0.15) is 19.8 Å². The first-order chi connectivity index (χ1) is 7.86. The van der Waals surface area contributed by atoms with Crippen LogP contribution >= 0.6 is 0 Å². The zero-order valence-electron chi connectivity index (χ0n) is 9.95. The summed E-state index contributed by atoms with van der Waals surface area (Å²) in [4.78, 5) is 0.223. The molecule has 6 heteroatoms. The van der Waals surface area contributed by atoms with E-state index >= 15 is 0 Å². The molecule has 0 radical (unpaired) electrons. The fourth-order valence-corrected chi connectivity index (χ4v) is 2.32. The van der Waals surface area contributed by atoms with Crippen molar-refractivity contribution >= 4 is 21.4 Å². The molecule has 0 aliphatic heterocycles. The second kappa shape index (κ2) is 3.89. The molecule has 5 nitrogen and oxygen atoms in total. The highest BCUT2D eigenvalue weighted by Crippen LogP contribution is 2.39. The van der Waals surface area contributed by atoms with Crippen LogP contribution in [0.15, 0.2) is 23.1 Å². The van der Waals surface area contributed by atoms with E-state index in [-0.39, 0.29) is 10.4 Å². The monoisotopic (exact) mass is 255 g/mol. The summed E-state index contributed by atoms with van der Waals surface area (Å²) >= 11 is 0. The van der Waals surface area contributed by atoms with Crippen LogP contribution in [0.4, 0.5) is 11.4 Å². The average molecular weight is 255 g/mol. The first-order valence-electron chi connectivity index (χ1n) is 5.48. The lowest BCUT2D eigenvalue weighted by Gasteiger charge is -2.16. The average Bonchev–Trinajstić information content (AvgIpc) is 2.99. The second-order valence-electron chi connectivity index (χ2n) is 4.64. The second-order valence-corrected chi connectivity index (χ2v) is 6.53. The molecule has 1 aromatic carbocycles. The number of hydrogen-bond donors (Lipinski definition) is 3. The Morgan fingerprint density at radius 1 is 1.35 bits per heavy atom. The maximum Gasteiger partial charge on any atom is 0.240 e. The number of sulfonamides is 1. The number of benzene rings is 1.